The van der Waals surface area contributed by atoms with E-state index in [0.717, 1.165) is 67.4 Å². The summed E-state index contributed by atoms with van der Waals surface area (Å²) in [6.07, 6.45) is 3.42. The molecule has 31 heavy (non-hydrogen) atoms. The Morgan fingerprint density at radius 2 is 2.00 bits per heavy atom. The van der Waals surface area contributed by atoms with Gasteiger partial charge in [0.2, 0.25) is 0 Å². The molecule has 1 saturated heterocycles. The van der Waals surface area contributed by atoms with Crippen molar-refractivity contribution in [3.8, 4) is 11.5 Å². The Hall–Kier alpha value is -1.75. The zero-order valence-electron chi connectivity index (χ0n) is 18.3. The Labute approximate surface area is 205 Å². The maximum Gasteiger partial charge on any atom is 0.193 e. The standard InChI is InChI=1S/C22H31N5O2S.HI/c1-3-23-21(24-9-8-18-16-30-22(25-18)27-10-4-5-11-27)26(2)15-17-6-7-19-20(14-17)29-13-12-28-19;/h6-7,14,16H,3-5,8-13,15H2,1-2H3,(H,23,24);1H. The van der Waals surface area contributed by atoms with Crippen LogP contribution in [0.2, 0.25) is 0 Å². The van der Waals surface area contributed by atoms with Gasteiger partial charge in [-0.15, -0.1) is 35.3 Å². The average Bonchev–Trinajstić information content (AvgIpc) is 3.45. The second-order valence-corrected chi connectivity index (χ2v) is 8.47. The van der Waals surface area contributed by atoms with E-state index in [-0.39, 0.29) is 24.0 Å². The highest BCUT2D eigenvalue weighted by atomic mass is 127. The van der Waals surface area contributed by atoms with E-state index < -0.39 is 0 Å². The summed E-state index contributed by atoms with van der Waals surface area (Å²) in [6.45, 7) is 7.89. The minimum atomic E-state index is 0. The van der Waals surface area contributed by atoms with Crippen LogP contribution in [0.1, 0.15) is 31.0 Å². The molecule has 4 rings (SSSR count). The summed E-state index contributed by atoms with van der Waals surface area (Å²) in [5, 5.41) is 6.73. The summed E-state index contributed by atoms with van der Waals surface area (Å²) in [7, 11) is 2.06. The Morgan fingerprint density at radius 3 is 2.77 bits per heavy atom. The topological polar surface area (TPSA) is 62.2 Å². The highest BCUT2D eigenvalue weighted by Crippen LogP contribution is 2.31. The van der Waals surface area contributed by atoms with E-state index in [0.29, 0.717) is 13.2 Å². The first-order chi connectivity index (χ1) is 14.7. The Kier molecular flexibility index (Phi) is 9.06. The van der Waals surface area contributed by atoms with Crippen molar-refractivity contribution in [2.24, 2.45) is 4.99 Å². The number of anilines is 1. The van der Waals surface area contributed by atoms with Crippen LogP contribution < -0.4 is 19.7 Å². The van der Waals surface area contributed by atoms with Gasteiger partial charge in [-0.25, -0.2) is 4.98 Å². The third-order valence-electron chi connectivity index (χ3n) is 5.27. The first-order valence-electron chi connectivity index (χ1n) is 10.8. The van der Waals surface area contributed by atoms with Gasteiger partial charge in [-0.1, -0.05) is 6.07 Å². The maximum absolute atomic E-state index is 5.71. The number of hydrogen-bond acceptors (Lipinski definition) is 6. The van der Waals surface area contributed by atoms with Crippen LogP contribution in [-0.4, -0.2) is 62.3 Å². The van der Waals surface area contributed by atoms with Gasteiger partial charge in [0, 0.05) is 51.6 Å². The number of hydrogen-bond donors (Lipinski definition) is 1. The summed E-state index contributed by atoms with van der Waals surface area (Å²) in [4.78, 5) is 14.2. The number of aromatic nitrogens is 1. The van der Waals surface area contributed by atoms with Gasteiger partial charge in [-0.2, -0.15) is 0 Å². The molecular formula is C22H32IN5O2S. The van der Waals surface area contributed by atoms with E-state index in [4.69, 9.17) is 19.5 Å². The molecule has 0 aliphatic carbocycles. The van der Waals surface area contributed by atoms with Crippen molar-refractivity contribution in [1.29, 1.82) is 0 Å². The molecule has 2 aromatic rings. The summed E-state index contributed by atoms with van der Waals surface area (Å²) < 4.78 is 11.3. The average molecular weight is 558 g/mol. The van der Waals surface area contributed by atoms with Crippen LogP contribution in [0.5, 0.6) is 11.5 Å². The number of aliphatic imine (C=N–C) groups is 1. The number of halogens is 1. The van der Waals surface area contributed by atoms with Crippen LogP contribution in [0.25, 0.3) is 0 Å². The van der Waals surface area contributed by atoms with Crippen LogP contribution >= 0.6 is 35.3 Å². The number of ether oxygens (including phenoxy) is 2. The van der Waals surface area contributed by atoms with E-state index in [9.17, 15) is 0 Å². The minimum absolute atomic E-state index is 0. The second kappa shape index (κ2) is 11.8. The normalized spacial score (nSPS) is 15.5. The van der Waals surface area contributed by atoms with Crippen molar-refractivity contribution in [1.82, 2.24) is 15.2 Å². The molecule has 0 saturated carbocycles. The lowest BCUT2D eigenvalue weighted by Gasteiger charge is -2.23. The zero-order chi connectivity index (χ0) is 20.8. The number of guanidine groups is 1. The summed E-state index contributed by atoms with van der Waals surface area (Å²) in [6, 6.07) is 6.13. The van der Waals surface area contributed by atoms with Gasteiger partial charge >= 0.3 is 0 Å². The van der Waals surface area contributed by atoms with Gasteiger partial charge in [-0.3, -0.25) is 4.99 Å². The van der Waals surface area contributed by atoms with Gasteiger partial charge in [0.15, 0.2) is 22.6 Å². The smallest absolute Gasteiger partial charge is 0.193 e. The Balaban J connectivity index is 0.00000272. The Bertz CT molecular complexity index is 869. The molecule has 1 N–H and O–H groups in total. The molecule has 1 aromatic carbocycles. The molecule has 9 heteroatoms. The fourth-order valence-corrected chi connectivity index (χ4v) is 4.66. The number of rotatable bonds is 7. The monoisotopic (exact) mass is 557 g/mol. The van der Waals surface area contributed by atoms with Gasteiger partial charge in [0.1, 0.15) is 13.2 Å². The van der Waals surface area contributed by atoms with Crippen LogP contribution in [0, 0.1) is 0 Å². The van der Waals surface area contributed by atoms with E-state index in [2.05, 4.69) is 46.6 Å². The van der Waals surface area contributed by atoms with E-state index >= 15 is 0 Å². The van der Waals surface area contributed by atoms with Crippen molar-refractivity contribution in [2.75, 3.05) is 51.3 Å². The van der Waals surface area contributed by atoms with Gasteiger partial charge < -0.3 is 24.6 Å². The predicted molar refractivity (Wildman–Crippen MR) is 138 cm³/mol. The second-order valence-electron chi connectivity index (χ2n) is 7.64. The fourth-order valence-electron chi connectivity index (χ4n) is 3.75. The molecule has 0 amide bonds. The molecule has 2 aliphatic heterocycles. The first kappa shape index (κ1) is 23.9. The number of fused-ring (bicyclic) bond motifs is 1. The fraction of sp³-hybridized carbons (Fsp3) is 0.545. The lowest BCUT2D eigenvalue weighted by Crippen LogP contribution is -2.38. The summed E-state index contributed by atoms with van der Waals surface area (Å²) in [5.41, 5.74) is 2.30. The molecule has 170 valence electrons. The lowest BCUT2D eigenvalue weighted by molar-refractivity contribution is 0.171. The molecule has 0 bridgehead atoms. The van der Waals surface area contributed by atoms with Crippen molar-refractivity contribution in [3.05, 3.63) is 34.8 Å². The van der Waals surface area contributed by atoms with E-state index in [1.54, 1.807) is 11.3 Å². The van der Waals surface area contributed by atoms with Gasteiger partial charge in [-0.05, 0) is 37.5 Å². The molecular weight excluding hydrogens is 525 g/mol. The number of nitrogens with one attached hydrogen (secondary N) is 1. The summed E-state index contributed by atoms with van der Waals surface area (Å²) >= 11 is 1.75. The third kappa shape index (κ3) is 6.38. The first-order valence-corrected chi connectivity index (χ1v) is 11.7. The highest BCUT2D eigenvalue weighted by Gasteiger charge is 2.16. The predicted octanol–water partition coefficient (Wildman–Crippen LogP) is 3.77. The number of nitrogens with zero attached hydrogens (tertiary/aromatic N) is 4. The van der Waals surface area contributed by atoms with Crippen LogP contribution in [0.15, 0.2) is 28.6 Å². The van der Waals surface area contributed by atoms with E-state index in [1.807, 2.05) is 6.07 Å². The van der Waals surface area contributed by atoms with Crippen LogP contribution in [0.3, 0.4) is 0 Å². The molecule has 1 aromatic heterocycles. The van der Waals surface area contributed by atoms with Crippen molar-refractivity contribution in [2.45, 2.75) is 32.7 Å². The van der Waals surface area contributed by atoms with Crippen LogP contribution in [0.4, 0.5) is 5.13 Å². The zero-order valence-corrected chi connectivity index (χ0v) is 21.4. The molecule has 0 atom stereocenters. The van der Waals surface area contributed by atoms with Crippen molar-refractivity contribution in [3.63, 3.8) is 0 Å². The molecule has 1 fully saturated rings. The molecule has 7 nitrogen and oxygen atoms in total. The quantitative estimate of drug-likeness (QED) is 0.318. The van der Waals surface area contributed by atoms with E-state index in [1.165, 1.54) is 18.4 Å². The van der Waals surface area contributed by atoms with Gasteiger partial charge in [0.25, 0.3) is 0 Å². The number of benzene rings is 1. The van der Waals surface area contributed by atoms with Crippen LogP contribution in [-0.2, 0) is 13.0 Å². The molecule has 2 aliphatic rings. The molecule has 0 radical (unpaired) electrons. The third-order valence-corrected chi connectivity index (χ3v) is 6.22. The minimum Gasteiger partial charge on any atom is -0.486 e. The molecule has 0 spiro atoms. The lowest BCUT2D eigenvalue weighted by atomic mass is 10.2. The SMILES string of the molecule is CCNC(=NCCc1csc(N2CCCC2)n1)N(C)Cc1ccc2c(c1)OCCO2.I. The summed E-state index contributed by atoms with van der Waals surface area (Å²) in [5.74, 6) is 2.55. The van der Waals surface area contributed by atoms with Crippen molar-refractivity contribution >= 4 is 46.4 Å². The molecule has 3 heterocycles. The van der Waals surface area contributed by atoms with Crippen molar-refractivity contribution < 1.29 is 9.47 Å². The molecule has 0 unspecified atom stereocenters. The Morgan fingerprint density at radius 1 is 1.23 bits per heavy atom. The highest BCUT2D eigenvalue weighted by molar-refractivity contribution is 14.0. The largest absolute Gasteiger partial charge is 0.486 e. The maximum atomic E-state index is 5.71. The van der Waals surface area contributed by atoms with Gasteiger partial charge in [0.05, 0.1) is 5.69 Å². The number of thiazole rings is 1.